The first-order valence-electron chi connectivity index (χ1n) is 10.9. The Labute approximate surface area is 196 Å². The number of alkyl halides is 3. The molecular weight excluding hydrogens is 441 g/mol. The molecule has 176 valence electrons. The molecule has 4 nitrogen and oxygen atoms in total. The fourth-order valence-electron chi connectivity index (χ4n) is 4.06. The zero-order chi connectivity index (χ0) is 24.3. The number of esters is 1. The van der Waals surface area contributed by atoms with Gasteiger partial charge in [0.1, 0.15) is 0 Å². The molecule has 7 heteroatoms. The van der Waals surface area contributed by atoms with E-state index in [4.69, 9.17) is 4.74 Å². The van der Waals surface area contributed by atoms with Gasteiger partial charge in [0.15, 0.2) is 0 Å². The van der Waals surface area contributed by atoms with Crippen LogP contribution in [0.1, 0.15) is 45.6 Å². The van der Waals surface area contributed by atoms with Crippen molar-refractivity contribution in [1.29, 1.82) is 0 Å². The van der Waals surface area contributed by atoms with E-state index in [0.29, 0.717) is 24.2 Å². The number of hydrogen-bond donors (Lipinski definition) is 1. The third-order valence-corrected chi connectivity index (χ3v) is 5.91. The molecule has 0 aliphatic rings. The van der Waals surface area contributed by atoms with Crippen molar-refractivity contribution >= 4 is 16.9 Å². The molecule has 4 rings (SSSR count). The average Bonchev–Trinajstić information content (AvgIpc) is 3.25. The summed E-state index contributed by atoms with van der Waals surface area (Å²) in [5, 5.41) is 4.53. The molecule has 0 unspecified atom stereocenters. The first-order chi connectivity index (χ1) is 16.3. The Morgan fingerprint density at radius 1 is 1.03 bits per heavy atom. The Morgan fingerprint density at radius 2 is 1.76 bits per heavy atom. The number of ether oxygens (including phenoxy) is 1. The molecule has 0 bridgehead atoms. The summed E-state index contributed by atoms with van der Waals surface area (Å²) >= 11 is 0. The summed E-state index contributed by atoms with van der Waals surface area (Å²) in [5.41, 5.74) is 3.51. The third-order valence-electron chi connectivity index (χ3n) is 5.91. The van der Waals surface area contributed by atoms with E-state index in [2.05, 4.69) is 5.32 Å². The second-order valence-corrected chi connectivity index (χ2v) is 8.21. The zero-order valence-electron chi connectivity index (χ0n) is 18.9. The highest BCUT2D eigenvalue weighted by Crippen LogP contribution is 2.30. The molecule has 1 aromatic heterocycles. The highest BCUT2D eigenvalue weighted by atomic mass is 19.4. The molecule has 1 N–H and O–H groups in total. The molecule has 1 heterocycles. The number of benzene rings is 3. The largest absolute Gasteiger partial charge is 0.465 e. The van der Waals surface area contributed by atoms with Crippen LogP contribution in [0.3, 0.4) is 0 Å². The van der Waals surface area contributed by atoms with Crippen LogP contribution in [0.25, 0.3) is 10.9 Å². The predicted octanol–water partition coefficient (Wildman–Crippen LogP) is 6.35. The lowest BCUT2D eigenvalue weighted by Gasteiger charge is -2.17. The molecule has 0 spiro atoms. The number of fused-ring (bicyclic) bond motifs is 1. The molecule has 0 saturated heterocycles. The third kappa shape index (κ3) is 5.15. The van der Waals surface area contributed by atoms with Crippen molar-refractivity contribution in [3.63, 3.8) is 0 Å². The SMILES string of the molecule is COC(=O)c1ccc([C@H](C)NCc2cccc3ccn(Cc4cccc(C(F)(F)F)c4)c23)cc1. The molecule has 0 aliphatic carbocycles. The van der Waals surface area contributed by atoms with Gasteiger partial charge in [-0.2, -0.15) is 13.2 Å². The maximum atomic E-state index is 13.1. The summed E-state index contributed by atoms with van der Waals surface area (Å²) in [7, 11) is 1.35. The summed E-state index contributed by atoms with van der Waals surface area (Å²) < 4.78 is 46.1. The minimum absolute atomic E-state index is 0.0221. The van der Waals surface area contributed by atoms with Crippen LogP contribution >= 0.6 is 0 Å². The van der Waals surface area contributed by atoms with Crippen LogP contribution in [0.4, 0.5) is 13.2 Å². The van der Waals surface area contributed by atoms with Crippen molar-refractivity contribution in [1.82, 2.24) is 9.88 Å². The number of hydrogen-bond acceptors (Lipinski definition) is 3. The van der Waals surface area contributed by atoms with Crippen LogP contribution in [0, 0.1) is 0 Å². The average molecular weight is 467 g/mol. The van der Waals surface area contributed by atoms with Gasteiger partial charge in [0.25, 0.3) is 0 Å². The Hall–Kier alpha value is -3.58. The number of halogens is 3. The second kappa shape index (κ2) is 9.73. The van der Waals surface area contributed by atoms with Crippen LogP contribution in [-0.4, -0.2) is 17.6 Å². The van der Waals surface area contributed by atoms with E-state index in [1.54, 1.807) is 18.2 Å². The number of nitrogens with zero attached hydrogens (tertiary/aromatic N) is 1. The molecule has 34 heavy (non-hydrogen) atoms. The van der Waals surface area contributed by atoms with Crippen LogP contribution in [0.15, 0.2) is 79.0 Å². The number of carbonyl (C=O) groups excluding carboxylic acids is 1. The molecule has 0 saturated carbocycles. The van der Waals surface area contributed by atoms with Gasteiger partial charge in [-0.25, -0.2) is 4.79 Å². The van der Waals surface area contributed by atoms with Gasteiger partial charge in [0.05, 0.1) is 23.8 Å². The van der Waals surface area contributed by atoms with Crippen LogP contribution < -0.4 is 5.32 Å². The lowest BCUT2D eigenvalue weighted by molar-refractivity contribution is -0.137. The number of carbonyl (C=O) groups is 1. The van der Waals surface area contributed by atoms with Crippen molar-refractivity contribution in [3.05, 3.63) is 107 Å². The first kappa shape index (κ1) is 23.6. The first-order valence-corrected chi connectivity index (χ1v) is 10.9. The van der Waals surface area contributed by atoms with Crippen molar-refractivity contribution in [2.24, 2.45) is 0 Å². The van der Waals surface area contributed by atoms with Crippen LogP contribution in [0.5, 0.6) is 0 Å². The van der Waals surface area contributed by atoms with Gasteiger partial charge in [-0.1, -0.05) is 42.5 Å². The van der Waals surface area contributed by atoms with E-state index in [9.17, 15) is 18.0 Å². The maximum absolute atomic E-state index is 13.1. The fourth-order valence-corrected chi connectivity index (χ4v) is 4.06. The van der Waals surface area contributed by atoms with Crippen LogP contribution in [0.2, 0.25) is 0 Å². The van der Waals surface area contributed by atoms with E-state index in [-0.39, 0.29) is 12.0 Å². The summed E-state index contributed by atoms with van der Waals surface area (Å²) in [4.78, 5) is 11.6. The highest BCUT2D eigenvalue weighted by molar-refractivity contribution is 5.89. The maximum Gasteiger partial charge on any atom is 0.416 e. The minimum Gasteiger partial charge on any atom is -0.465 e. The van der Waals surface area contributed by atoms with Gasteiger partial charge in [0, 0.05) is 25.3 Å². The molecule has 0 radical (unpaired) electrons. The fraction of sp³-hybridized carbons (Fsp3) is 0.222. The summed E-state index contributed by atoms with van der Waals surface area (Å²) in [6.07, 6.45) is -2.46. The van der Waals surface area contributed by atoms with E-state index in [0.717, 1.165) is 28.1 Å². The van der Waals surface area contributed by atoms with Crippen molar-refractivity contribution in [2.45, 2.75) is 32.2 Å². The second-order valence-electron chi connectivity index (χ2n) is 8.21. The van der Waals surface area contributed by atoms with E-state index in [1.807, 2.05) is 54.1 Å². The normalized spacial score (nSPS) is 12.6. The standard InChI is InChI=1S/C27H25F3N2O2/c1-18(20-9-11-22(12-10-20)26(33)34-2)31-16-23-7-4-6-21-13-14-32(25(21)23)17-19-5-3-8-24(15-19)27(28,29)30/h3-15,18,31H,16-17H2,1-2H3/t18-/m0/s1. The van der Waals surface area contributed by atoms with Crippen molar-refractivity contribution < 1.29 is 22.7 Å². The lowest BCUT2D eigenvalue weighted by atomic mass is 10.1. The smallest absolute Gasteiger partial charge is 0.416 e. The van der Waals surface area contributed by atoms with E-state index in [1.165, 1.54) is 19.2 Å². The van der Waals surface area contributed by atoms with Gasteiger partial charge in [0.2, 0.25) is 0 Å². The molecular formula is C27H25F3N2O2. The lowest BCUT2D eigenvalue weighted by Crippen LogP contribution is -2.19. The number of para-hydroxylation sites is 1. The van der Waals surface area contributed by atoms with E-state index < -0.39 is 11.7 Å². The Kier molecular flexibility index (Phi) is 6.75. The van der Waals surface area contributed by atoms with Gasteiger partial charge in [-0.3, -0.25) is 0 Å². The molecule has 0 amide bonds. The minimum atomic E-state index is -4.37. The molecule has 0 fully saturated rings. The Morgan fingerprint density at radius 3 is 2.47 bits per heavy atom. The van der Waals surface area contributed by atoms with E-state index >= 15 is 0 Å². The Balaban J connectivity index is 1.53. The van der Waals surface area contributed by atoms with Gasteiger partial charge < -0.3 is 14.6 Å². The van der Waals surface area contributed by atoms with Gasteiger partial charge in [-0.15, -0.1) is 0 Å². The summed E-state index contributed by atoms with van der Waals surface area (Å²) in [6, 6.07) is 20.7. The number of rotatable bonds is 7. The van der Waals surface area contributed by atoms with Crippen LogP contribution in [-0.2, 0) is 24.0 Å². The zero-order valence-corrected chi connectivity index (χ0v) is 18.9. The Bertz CT molecular complexity index is 1290. The van der Waals surface area contributed by atoms with Crippen molar-refractivity contribution in [3.8, 4) is 0 Å². The monoisotopic (exact) mass is 466 g/mol. The van der Waals surface area contributed by atoms with Crippen molar-refractivity contribution in [2.75, 3.05) is 7.11 Å². The van der Waals surface area contributed by atoms with Gasteiger partial charge in [-0.05, 0) is 59.3 Å². The number of methoxy groups -OCH3 is 1. The number of aromatic nitrogens is 1. The summed E-state index contributed by atoms with van der Waals surface area (Å²) in [6.45, 7) is 2.95. The molecule has 1 atom stereocenters. The topological polar surface area (TPSA) is 43.3 Å². The highest BCUT2D eigenvalue weighted by Gasteiger charge is 2.30. The summed E-state index contributed by atoms with van der Waals surface area (Å²) in [5.74, 6) is -0.375. The predicted molar refractivity (Wildman–Crippen MR) is 126 cm³/mol. The molecule has 4 aromatic rings. The molecule has 3 aromatic carbocycles. The molecule has 0 aliphatic heterocycles. The quantitative estimate of drug-likeness (QED) is 0.323. The van der Waals surface area contributed by atoms with Gasteiger partial charge >= 0.3 is 12.1 Å². The number of nitrogens with one attached hydrogen (secondary N) is 1.